The van der Waals surface area contributed by atoms with E-state index < -0.39 is 0 Å². The van der Waals surface area contributed by atoms with Crippen LogP contribution >= 0.6 is 0 Å². The van der Waals surface area contributed by atoms with Gasteiger partial charge in [-0.05, 0) is 57.0 Å². The van der Waals surface area contributed by atoms with E-state index in [1.165, 1.54) is 0 Å². The third-order valence-electron chi connectivity index (χ3n) is 5.55. The van der Waals surface area contributed by atoms with Crippen LogP contribution in [-0.4, -0.2) is 47.7 Å². The van der Waals surface area contributed by atoms with E-state index in [-0.39, 0.29) is 17.4 Å². The second kappa shape index (κ2) is 5.06. The van der Waals surface area contributed by atoms with E-state index in [4.69, 9.17) is 0 Å². The standard InChI is InChI=1S/C15H26N2O2/c1-15-6-9-17(13(15)3-2-12(18)10-15)14(19)11-4-7-16-8-5-11/h11-13,16,18H,2-10H2,1H3/t12-,13-,15+/m1/s1. The van der Waals surface area contributed by atoms with Crippen molar-refractivity contribution in [1.29, 1.82) is 0 Å². The van der Waals surface area contributed by atoms with Crippen LogP contribution in [0.1, 0.15) is 45.4 Å². The summed E-state index contributed by atoms with van der Waals surface area (Å²) in [6, 6.07) is 0.373. The molecule has 108 valence electrons. The molecule has 0 radical (unpaired) electrons. The highest BCUT2D eigenvalue weighted by Gasteiger charge is 2.49. The Hall–Kier alpha value is -0.610. The summed E-state index contributed by atoms with van der Waals surface area (Å²) in [4.78, 5) is 14.9. The quantitative estimate of drug-likeness (QED) is 0.748. The summed E-state index contributed by atoms with van der Waals surface area (Å²) in [6.45, 7) is 5.11. The molecule has 2 aliphatic heterocycles. The summed E-state index contributed by atoms with van der Waals surface area (Å²) in [6.07, 6.45) is 5.59. The van der Waals surface area contributed by atoms with E-state index in [1.807, 2.05) is 0 Å². The molecule has 2 N–H and O–H groups in total. The summed E-state index contributed by atoms with van der Waals surface area (Å²) in [5.74, 6) is 0.613. The number of fused-ring (bicyclic) bond motifs is 1. The zero-order valence-electron chi connectivity index (χ0n) is 11.9. The van der Waals surface area contributed by atoms with Crippen LogP contribution in [-0.2, 0) is 4.79 Å². The first-order valence-corrected chi connectivity index (χ1v) is 7.79. The lowest BCUT2D eigenvalue weighted by atomic mass is 9.71. The molecule has 0 aromatic rings. The second-order valence-corrected chi connectivity index (χ2v) is 6.91. The molecule has 4 heteroatoms. The minimum Gasteiger partial charge on any atom is -0.393 e. The molecule has 1 aliphatic carbocycles. The molecule has 1 saturated carbocycles. The van der Waals surface area contributed by atoms with Crippen molar-refractivity contribution in [2.45, 2.75) is 57.6 Å². The molecule has 3 fully saturated rings. The fourth-order valence-corrected chi connectivity index (χ4v) is 4.37. The molecule has 2 heterocycles. The summed E-state index contributed by atoms with van der Waals surface area (Å²) < 4.78 is 0. The number of nitrogens with one attached hydrogen (secondary N) is 1. The van der Waals surface area contributed by atoms with E-state index >= 15 is 0 Å². The number of aliphatic hydroxyl groups excluding tert-OH is 1. The normalized spacial score (nSPS) is 40.2. The molecule has 3 rings (SSSR count). The van der Waals surface area contributed by atoms with Crippen molar-refractivity contribution in [2.75, 3.05) is 19.6 Å². The molecule has 0 spiro atoms. The minimum absolute atomic E-state index is 0.153. The number of carbonyl (C=O) groups excluding carboxylic acids is 1. The van der Waals surface area contributed by atoms with Gasteiger partial charge in [-0.3, -0.25) is 4.79 Å². The van der Waals surface area contributed by atoms with Crippen LogP contribution in [0.15, 0.2) is 0 Å². The maximum Gasteiger partial charge on any atom is 0.226 e. The van der Waals surface area contributed by atoms with Gasteiger partial charge in [-0.2, -0.15) is 0 Å². The molecule has 3 atom stereocenters. The summed E-state index contributed by atoms with van der Waals surface area (Å²) in [7, 11) is 0. The third kappa shape index (κ3) is 2.40. The van der Waals surface area contributed by atoms with Crippen LogP contribution in [0.2, 0.25) is 0 Å². The molecule has 0 unspecified atom stereocenters. The minimum atomic E-state index is -0.157. The van der Waals surface area contributed by atoms with Crippen LogP contribution in [0, 0.1) is 11.3 Å². The fraction of sp³-hybridized carbons (Fsp3) is 0.933. The van der Waals surface area contributed by atoms with Crippen molar-refractivity contribution in [3.05, 3.63) is 0 Å². The predicted molar refractivity (Wildman–Crippen MR) is 73.7 cm³/mol. The molecule has 4 nitrogen and oxygen atoms in total. The van der Waals surface area contributed by atoms with Crippen molar-refractivity contribution in [1.82, 2.24) is 10.2 Å². The molecule has 3 aliphatic rings. The van der Waals surface area contributed by atoms with Crippen molar-refractivity contribution in [3.63, 3.8) is 0 Å². The smallest absolute Gasteiger partial charge is 0.226 e. The van der Waals surface area contributed by atoms with Crippen LogP contribution in [0.25, 0.3) is 0 Å². The van der Waals surface area contributed by atoms with E-state index in [9.17, 15) is 9.90 Å². The van der Waals surface area contributed by atoms with Gasteiger partial charge >= 0.3 is 0 Å². The summed E-state index contributed by atoms with van der Waals surface area (Å²) in [5, 5.41) is 13.2. The Labute approximate surface area is 115 Å². The van der Waals surface area contributed by atoms with Crippen LogP contribution < -0.4 is 5.32 Å². The van der Waals surface area contributed by atoms with Crippen LogP contribution in [0.5, 0.6) is 0 Å². The van der Waals surface area contributed by atoms with Gasteiger partial charge in [0.1, 0.15) is 0 Å². The molecule has 0 aromatic carbocycles. The van der Waals surface area contributed by atoms with Crippen LogP contribution in [0.3, 0.4) is 0 Å². The lowest BCUT2D eigenvalue weighted by Crippen LogP contribution is -2.49. The van der Waals surface area contributed by atoms with E-state index in [2.05, 4.69) is 17.1 Å². The van der Waals surface area contributed by atoms with Crippen molar-refractivity contribution < 1.29 is 9.90 Å². The van der Waals surface area contributed by atoms with Gasteiger partial charge in [-0.15, -0.1) is 0 Å². The Morgan fingerprint density at radius 2 is 2.00 bits per heavy atom. The van der Waals surface area contributed by atoms with Gasteiger partial charge in [-0.25, -0.2) is 0 Å². The maximum absolute atomic E-state index is 12.7. The van der Waals surface area contributed by atoms with Crippen molar-refractivity contribution in [2.24, 2.45) is 11.3 Å². The van der Waals surface area contributed by atoms with E-state index in [0.717, 1.165) is 58.2 Å². The molecule has 19 heavy (non-hydrogen) atoms. The number of carbonyl (C=O) groups is 1. The Kier molecular flexibility index (Phi) is 3.56. The molecule has 1 amide bonds. The predicted octanol–water partition coefficient (Wildman–Crippen LogP) is 1.14. The first-order chi connectivity index (χ1) is 9.10. The first-order valence-electron chi connectivity index (χ1n) is 7.79. The summed E-state index contributed by atoms with van der Waals surface area (Å²) in [5.41, 5.74) is 0.153. The van der Waals surface area contributed by atoms with Crippen LogP contribution in [0.4, 0.5) is 0 Å². The molecule has 0 bridgehead atoms. The van der Waals surface area contributed by atoms with Crippen molar-refractivity contribution >= 4 is 5.91 Å². The highest BCUT2D eigenvalue weighted by molar-refractivity contribution is 5.79. The monoisotopic (exact) mass is 266 g/mol. The SMILES string of the molecule is C[C@@]12CCN(C(=O)C3CCNCC3)[C@@H]1CC[C@@H](O)C2. The second-order valence-electron chi connectivity index (χ2n) is 6.91. The molecular formula is C15H26N2O2. The van der Waals surface area contributed by atoms with Gasteiger partial charge in [0, 0.05) is 18.5 Å². The average molecular weight is 266 g/mol. The first kappa shape index (κ1) is 13.4. The highest BCUT2D eigenvalue weighted by atomic mass is 16.3. The number of hydrogen-bond donors (Lipinski definition) is 2. The molecule has 0 aromatic heterocycles. The lowest BCUT2D eigenvalue weighted by molar-refractivity contribution is -0.139. The zero-order valence-corrected chi connectivity index (χ0v) is 11.9. The van der Waals surface area contributed by atoms with Crippen molar-refractivity contribution in [3.8, 4) is 0 Å². The zero-order chi connectivity index (χ0) is 13.5. The molecule has 2 saturated heterocycles. The number of aliphatic hydroxyl groups is 1. The Balaban J connectivity index is 1.70. The van der Waals surface area contributed by atoms with Gasteiger partial charge in [0.25, 0.3) is 0 Å². The Bertz CT molecular complexity index is 354. The maximum atomic E-state index is 12.7. The highest BCUT2D eigenvalue weighted by Crippen LogP contribution is 2.47. The number of piperidine rings is 1. The Morgan fingerprint density at radius 3 is 2.74 bits per heavy atom. The number of rotatable bonds is 1. The summed E-state index contributed by atoms with van der Waals surface area (Å²) >= 11 is 0. The van der Waals surface area contributed by atoms with Gasteiger partial charge in [0.15, 0.2) is 0 Å². The van der Waals surface area contributed by atoms with Gasteiger partial charge in [-0.1, -0.05) is 6.92 Å². The Morgan fingerprint density at radius 1 is 1.26 bits per heavy atom. The van der Waals surface area contributed by atoms with E-state index in [0.29, 0.717) is 11.9 Å². The fourth-order valence-electron chi connectivity index (χ4n) is 4.37. The number of amides is 1. The van der Waals surface area contributed by atoms with Gasteiger partial charge < -0.3 is 15.3 Å². The third-order valence-corrected chi connectivity index (χ3v) is 5.55. The number of nitrogens with zero attached hydrogens (tertiary/aromatic N) is 1. The van der Waals surface area contributed by atoms with Gasteiger partial charge in [0.2, 0.25) is 5.91 Å². The van der Waals surface area contributed by atoms with E-state index in [1.54, 1.807) is 0 Å². The largest absolute Gasteiger partial charge is 0.393 e. The lowest BCUT2D eigenvalue weighted by Gasteiger charge is -2.42. The van der Waals surface area contributed by atoms with Gasteiger partial charge in [0.05, 0.1) is 6.10 Å². The topological polar surface area (TPSA) is 52.6 Å². The number of likely N-dealkylation sites (tertiary alicyclic amines) is 1. The average Bonchev–Trinajstić information content (AvgIpc) is 2.75. The molecular weight excluding hydrogens is 240 g/mol. The number of hydrogen-bond acceptors (Lipinski definition) is 3.